The molecular weight excluding hydrogens is 328 g/mol. The molecular formula is C17H17ClN4O2. The molecule has 1 saturated heterocycles. The average Bonchev–Trinajstić information content (AvgIpc) is 3.04. The van der Waals surface area contributed by atoms with Gasteiger partial charge >= 0.3 is 0 Å². The Morgan fingerprint density at radius 3 is 3.12 bits per heavy atom. The fourth-order valence-corrected chi connectivity index (χ4v) is 3.24. The van der Waals surface area contributed by atoms with E-state index in [-0.39, 0.29) is 11.7 Å². The average molecular weight is 345 g/mol. The number of hydrogen-bond donors (Lipinski definition) is 1. The quantitative estimate of drug-likeness (QED) is 0.791. The van der Waals surface area contributed by atoms with Gasteiger partial charge in [-0.3, -0.25) is 14.8 Å². The van der Waals surface area contributed by atoms with Gasteiger partial charge < -0.3 is 4.74 Å². The van der Waals surface area contributed by atoms with E-state index in [0.29, 0.717) is 23.8 Å². The number of nitrogens with zero attached hydrogens (tertiary/aromatic N) is 3. The number of hydrogen-bond acceptors (Lipinski definition) is 4. The lowest BCUT2D eigenvalue weighted by Gasteiger charge is -2.33. The molecule has 0 spiro atoms. The highest BCUT2D eigenvalue weighted by Gasteiger charge is 2.22. The van der Waals surface area contributed by atoms with E-state index in [9.17, 15) is 4.79 Å². The maximum Gasteiger partial charge on any atom is 0.272 e. The topological polar surface area (TPSA) is 62.6 Å². The first kappa shape index (κ1) is 15.4. The lowest BCUT2D eigenvalue weighted by atomic mass is 10.1. The minimum absolute atomic E-state index is 0.0189. The normalized spacial score (nSPS) is 19.0. The summed E-state index contributed by atoms with van der Waals surface area (Å²) in [5, 5.41) is 3.56. The van der Waals surface area contributed by atoms with Crippen molar-refractivity contribution in [2.24, 2.45) is 0 Å². The Labute approximate surface area is 143 Å². The smallest absolute Gasteiger partial charge is 0.272 e. The van der Waals surface area contributed by atoms with E-state index in [1.54, 1.807) is 18.3 Å². The second-order valence-electron chi connectivity index (χ2n) is 5.89. The van der Waals surface area contributed by atoms with Gasteiger partial charge in [0, 0.05) is 43.0 Å². The molecule has 1 aliphatic rings. The van der Waals surface area contributed by atoms with Crippen molar-refractivity contribution < 1.29 is 4.74 Å². The van der Waals surface area contributed by atoms with E-state index >= 15 is 0 Å². The molecule has 1 unspecified atom stereocenters. The van der Waals surface area contributed by atoms with Gasteiger partial charge in [0.2, 0.25) is 0 Å². The van der Waals surface area contributed by atoms with E-state index in [2.05, 4.69) is 15.0 Å². The zero-order chi connectivity index (χ0) is 16.5. The molecule has 1 aliphatic heterocycles. The summed E-state index contributed by atoms with van der Waals surface area (Å²) in [6.07, 6.45) is 1.69. The van der Waals surface area contributed by atoms with Gasteiger partial charge in [0.05, 0.1) is 18.4 Å². The van der Waals surface area contributed by atoms with E-state index in [4.69, 9.17) is 16.3 Å². The molecule has 2 aromatic heterocycles. The minimum atomic E-state index is -0.0975. The standard InChI is InChI=1S/C17H17ClN4O2/c18-13-3-1-2-12(8-13)15-11-21(6-7-24-15)10-14-9-17(23)22-16(20-14)4-5-19-22/h1-5,8-9,15,19H,6-7,10-11H2. The lowest BCUT2D eigenvalue weighted by Crippen LogP contribution is -2.38. The molecule has 6 nitrogen and oxygen atoms in total. The summed E-state index contributed by atoms with van der Waals surface area (Å²) in [6, 6.07) is 11.1. The van der Waals surface area contributed by atoms with Gasteiger partial charge in [-0.05, 0) is 17.7 Å². The Balaban J connectivity index is 1.52. The van der Waals surface area contributed by atoms with Crippen molar-refractivity contribution in [1.82, 2.24) is 19.5 Å². The van der Waals surface area contributed by atoms with Crippen molar-refractivity contribution in [2.75, 3.05) is 19.7 Å². The van der Waals surface area contributed by atoms with Crippen LogP contribution in [0.5, 0.6) is 0 Å². The highest BCUT2D eigenvalue weighted by molar-refractivity contribution is 6.30. The molecule has 0 saturated carbocycles. The second-order valence-corrected chi connectivity index (χ2v) is 6.33. The largest absolute Gasteiger partial charge is 0.371 e. The number of aromatic nitrogens is 3. The highest BCUT2D eigenvalue weighted by atomic mass is 35.5. The third-order valence-corrected chi connectivity index (χ3v) is 4.43. The molecule has 0 aliphatic carbocycles. The van der Waals surface area contributed by atoms with Gasteiger partial charge in [0.15, 0.2) is 5.65 Å². The zero-order valence-corrected chi connectivity index (χ0v) is 13.7. The molecule has 3 aromatic rings. The van der Waals surface area contributed by atoms with Crippen LogP contribution in [0.1, 0.15) is 17.4 Å². The van der Waals surface area contributed by atoms with Crippen molar-refractivity contribution in [3.8, 4) is 0 Å². The molecule has 1 fully saturated rings. The molecule has 7 heteroatoms. The zero-order valence-electron chi connectivity index (χ0n) is 13.0. The number of benzene rings is 1. The first-order valence-electron chi connectivity index (χ1n) is 7.84. The van der Waals surface area contributed by atoms with Gasteiger partial charge in [0.25, 0.3) is 5.56 Å². The molecule has 24 heavy (non-hydrogen) atoms. The van der Waals surface area contributed by atoms with Gasteiger partial charge in [-0.15, -0.1) is 0 Å². The van der Waals surface area contributed by atoms with Crippen LogP contribution in [0, 0.1) is 0 Å². The number of rotatable bonds is 3. The molecule has 0 radical (unpaired) electrons. The second kappa shape index (κ2) is 6.39. The van der Waals surface area contributed by atoms with Gasteiger partial charge in [-0.25, -0.2) is 9.50 Å². The van der Waals surface area contributed by atoms with Crippen molar-refractivity contribution in [3.63, 3.8) is 0 Å². The fourth-order valence-electron chi connectivity index (χ4n) is 3.04. The SMILES string of the molecule is O=c1cc(CN2CCOC(c3cccc(Cl)c3)C2)nc2cc[nH]n12. The van der Waals surface area contributed by atoms with Crippen molar-refractivity contribution in [2.45, 2.75) is 12.6 Å². The Bertz CT molecular complexity index is 920. The predicted molar refractivity (Wildman–Crippen MR) is 91.2 cm³/mol. The predicted octanol–water partition coefficient (Wildman–Crippen LogP) is 2.25. The number of nitrogens with one attached hydrogen (secondary N) is 1. The monoisotopic (exact) mass is 344 g/mol. The highest BCUT2D eigenvalue weighted by Crippen LogP contribution is 2.25. The molecule has 0 amide bonds. The number of halogens is 1. The van der Waals surface area contributed by atoms with Crippen molar-refractivity contribution >= 4 is 17.2 Å². The summed E-state index contributed by atoms with van der Waals surface area (Å²) >= 11 is 6.07. The maximum absolute atomic E-state index is 12.1. The molecule has 4 rings (SSSR count). The van der Waals surface area contributed by atoms with Crippen LogP contribution in [-0.2, 0) is 11.3 Å². The van der Waals surface area contributed by atoms with Crippen molar-refractivity contribution in [1.29, 1.82) is 0 Å². The van der Waals surface area contributed by atoms with Gasteiger partial charge in [-0.2, -0.15) is 0 Å². The van der Waals surface area contributed by atoms with Crippen LogP contribution in [0.2, 0.25) is 5.02 Å². The van der Waals surface area contributed by atoms with E-state index in [0.717, 1.165) is 24.3 Å². The summed E-state index contributed by atoms with van der Waals surface area (Å²) in [7, 11) is 0. The van der Waals surface area contributed by atoms with Crippen LogP contribution in [0.3, 0.4) is 0 Å². The summed E-state index contributed by atoms with van der Waals surface area (Å²) in [5.41, 5.74) is 2.38. The molecule has 0 bridgehead atoms. The summed E-state index contributed by atoms with van der Waals surface area (Å²) in [5.74, 6) is 0. The fraction of sp³-hybridized carbons (Fsp3) is 0.294. The van der Waals surface area contributed by atoms with Crippen molar-refractivity contribution in [3.05, 3.63) is 69.2 Å². The molecule has 1 atom stereocenters. The number of morpholine rings is 1. The van der Waals surface area contributed by atoms with E-state index in [1.165, 1.54) is 4.52 Å². The third-order valence-electron chi connectivity index (χ3n) is 4.19. The summed E-state index contributed by atoms with van der Waals surface area (Å²) < 4.78 is 7.31. The number of aromatic amines is 1. The molecule has 3 heterocycles. The van der Waals surface area contributed by atoms with Crippen LogP contribution >= 0.6 is 11.6 Å². The molecule has 1 N–H and O–H groups in total. The Kier molecular flexibility index (Phi) is 4.10. The van der Waals surface area contributed by atoms with Crippen LogP contribution in [0.4, 0.5) is 0 Å². The lowest BCUT2D eigenvalue weighted by molar-refractivity contribution is -0.0332. The van der Waals surface area contributed by atoms with E-state index in [1.807, 2.05) is 24.3 Å². The maximum atomic E-state index is 12.1. The van der Waals surface area contributed by atoms with Crippen LogP contribution in [-0.4, -0.2) is 39.2 Å². The Morgan fingerprint density at radius 2 is 2.25 bits per heavy atom. The Morgan fingerprint density at radius 1 is 1.33 bits per heavy atom. The Hall–Kier alpha value is -2.15. The number of ether oxygens (including phenoxy) is 1. The summed E-state index contributed by atoms with van der Waals surface area (Å²) in [6.45, 7) is 2.82. The number of fused-ring (bicyclic) bond motifs is 1. The molecule has 1 aromatic carbocycles. The first-order chi connectivity index (χ1) is 11.7. The van der Waals surface area contributed by atoms with Crippen LogP contribution in [0.15, 0.2) is 47.4 Å². The van der Waals surface area contributed by atoms with E-state index < -0.39 is 0 Å². The molecule has 124 valence electrons. The van der Waals surface area contributed by atoms with Crippen LogP contribution in [0.25, 0.3) is 5.65 Å². The van der Waals surface area contributed by atoms with Gasteiger partial charge in [0.1, 0.15) is 0 Å². The third kappa shape index (κ3) is 3.08. The summed E-state index contributed by atoms with van der Waals surface area (Å²) in [4.78, 5) is 18.8. The first-order valence-corrected chi connectivity index (χ1v) is 8.22. The van der Waals surface area contributed by atoms with Crippen LogP contribution < -0.4 is 5.56 Å². The van der Waals surface area contributed by atoms with Gasteiger partial charge in [-0.1, -0.05) is 23.7 Å². The number of H-pyrrole nitrogens is 1. The minimum Gasteiger partial charge on any atom is -0.371 e.